The lowest BCUT2D eigenvalue weighted by molar-refractivity contribution is -0.136. The molecule has 3 aromatic rings. The summed E-state index contributed by atoms with van der Waals surface area (Å²) in [7, 11) is 0. The van der Waals surface area contributed by atoms with Gasteiger partial charge in [0.25, 0.3) is 0 Å². The average molecular weight is 276 g/mol. The van der Waals surface area contributed by atoms with Crippen LogP contribution in [0.15, 0.2) is 54.7 Å². The summed E-state index contributed by atoms with van der Waals surface area (Å²) in [5.41, 5.74) is 0.298. The van der Waals surface area contributed by atoms with Crippen molar-refractivity contribution in [3.63, 3.8) is 0 Å². The third kappa shape index (κ3) is 2.39. The van der Waals surface area contributed by atoms with Crippen molar-refractivity contribution in [2.45, 2.75) is 12.7 Å². The molecule has 0 N–H and O–H groups in total. The number of aromatic nitrogens is 2. The van der Waals surface area contributed by atoms with Gasteiger partial charge < -0.3 is 0 Å². The first-order valence-electron chi connectivity index (χ1n) is 6.11. The molecule has 5 heteroatoms. The Bertz CT molecular complexity index is 730. The summed E-state index contributed by atoms with van der Waals surface area (Å²) in [5, 5.41) is 4.57. The Morgan fingerprint density at radius 3 is 2.40 bits per heavy atom. The van der Waals surface area contributed by atoms with Crippen molar-refractivity contribution in [3.8, 4) is 0 Å². The van der Waals surface area contributed by atoms with E-state index in [1.54, 1.807) is 12.3 Å². The molecule has 0 atom stereocenters. The normalized spacial score (nSPS) is 11.9. The highest BCUT2D eigenvalue weighted by Gasteiger charge is 2.33. The number of alkyl halides is 3. The van der Waals surface area contributed by atoms with Crippen molar-refractivity contribution < 1.29 is 13.2 Å². The molecule has 0 bridgehead atoms. The van der Waals surface area contributed by atoms with Crippen LogP contribution in [0.3, 0.4) is 0 Å². The third-order valence-corrected chi connectivity index (χ3v) is 3.08. The molecule has 0 saturated heterocycles. The minimum absolute atomic E-state index is 0.00377. The second-order valence-corrected chi connectivity index (χ2v) is 4.55. The second kappa shape index (κ2) is 4.67. The van der Waals surface area contributed by atoms with E-state index < -0.39 is 11.7 Å². The standard InChI is InChI=1S/C15H11F3N2/c16-15(17,18)13-8-4-7-12-10-20(19-14(12)13)9-11-5-2-1-3-6-11/h1-8,10H,9H2. The van der Waals surface area contributed by atoms with Gasteiger partial charge in [-0.2, -0.15) is 18.3 Å². The van der Waals surface area contributed by atoms with Gasteiger partial charge in [-0.15, -0.1) is 0 Å². The minimum atomic E-state index is -4.38. The summed E-state index contributed by atoms with van der Waals surface area (Å²) in [6, 6.07) is 13.6. The molecule has 0 fully saturated rings. The Hall–Kier alpha value is -2.30. The Morgan fingerprint density at radius 1 is 0.950 bits per heavy atom. The van der Waals surface area contributed by atoms with E-state index in [4.69, 9.17) is 0 Å². The molecule has 1 aromatic heterocycles. The SMILES string of the molecule is FC(F)(F)c1cccc2cn(Cc3ccccc3)nc12. The molecular formula is C15H11F3N2. The lowest BCUT2D eigenvalue weighted by atomic mass is 10.1. The first-order chi connectivity index (χ1) is 9.54. The topological polar surface area (TPSA) is 17.8 Å². The van der Waals surface area contributed by atoms with Gasteiger partial charge in [-0.1, -0.05) is 42.5 Å². The monoisotopic (exact) mass is 276 g/mol. The van der Waals surface area contributed by atoms with Crippen LogP contribution in [0.25, 0.3) is 10.9 Å². The zero-order valence-electron chi connectivity index (χ0n) is 10.4. The number of rotatable bonds is 2. The lowest BCUT2D eigenvalue weighted by Gasteiger charge is -2.06. The predicted octanol–water partition coefficient (Wildman–Crippen LogP) is 4.10. The third-order valence-electron chi connectivity index (χ3n) is 3.08. The molecule has 2 aromatic carbocycles. The van der Waals surface area contributed by atoms with Gasteiger partial charge in [-0.25, -0.2) is 0 Å². The number of nitrogens with zero attached hydrogens (tertiary/aromatic N) is 2. The molecule has 0 aliphatic heterocycles. The van der Waals surface area contributed by atoms with Crippen molar-refractivity contribution in [1.82, 2.24) is 9.78 Å². The van der Waals surface area contributed by atoms with E-state index in [2.05, 4.69) is 5.10 Å². The van der Waals surface area contributed by atoms with Crippen LogP contribution in [-0.4, -0.2) is 9.78 Å². The number of hydrogen-bond acceptors (Lipinski definition) is 1. The number of fused-ring (bicyclic) bond motifs is 1. The molecule has 3 rings (SSSR count). The maximum atomic E-state index is 12.9. The maximum absolute atomic E-state index is 12.9. The smallest absolute Gasteiger partial charge is 0.267 e. The zero-order chi connectivity index (χ0) is 14.2. The van der Waals surface area contributed by atoms with Crippen LogP contribution in [0.2, 0.25) is 0 Å². The van der Waals surface area contributed by atoms with Gasteiger partial charge in [0.1, 0.15) is 5.52 Å². The molecule has 0 saturated carbocycles. The Morgan fingerprint density at radius 2 is 1.70 bits per heavy atom. The number of hydrogen-bond donors (Lipinski definition) is 0. The molecule has 102 valence electrons. The average Bonchev–Trinajstić information content (AvgIpc) is 2.80. The molecule has 2 nitrogen and oxygen atoms in total. The van der Waals surface area contributed by atoms with Gasteiger partial charge in [-0.3, -0.25) is 4.68 Å². The van der Waals surface area contributed by atoms with Gasteiger partial charge >= 0.3 is 6.18 Å². The van der Waals surface area contributed by atoms with E-state index in [9.17, 15) is 13.2 Å². The van der Waals surface area contributed by atoms with E-state index in [1.165, 1.54) is 10.7 Å². The van der Waals surface area contributed by atoms with Crippen molar-refractivity contribution in [2.75, 3.05) is 0 Å². The fraction of sp³-hybridized carbons (Fsp3) is 0.133. The van der Waals surface area contributed by atoms with Crippen molar-refractivity contribution >= 4 is 10.9 Å². The van der Waals surface area contributed by atoms with Crippen molar-refractivity contribution in [1.29, 1.82) is 0 Å². The first kappa shape index (κ1) is 12.7. The summed E-state index contributed by atoms with van der Waals surface area (Å²) >= 11 is 0. The highest BCUT2D eigenvalue weighted by molar-refractivity contribution is 5.81. The van der Waals surface area contributed by atoms with E-state index >= 15 is 0 Å². The highest BCUT2D eigenvalue weighted by Crippen LogP contribution is 2.33. The maximum Gasteiger partial charge on any atom is 0.418 e. The van der Waals surface area contributed by atoms with Crippen LogP contribution in [0.1, 0.15) is 11.1 Å². The van der Waals surface area contributed by atoms with Crippen LogP contribution >= 0.6 is 0 Å². The largest absolute Gasteiger partial charge is 0.418 e. The fourth-order valence-electron chi connectivity index (χ4n) is 2.18. The van der Waals surface area contributed by atoms with Gasteiger partial charge in [0, 0.05) is 11.6 Å². The van der Waals surface area contributed by atoms with Crippen LogP contribution < -0.4 is 0 Å². The molecule has 0 spiro atoms. The number of halogens is 3. The van der Waals surface area contributed by atoms with Gasteiger partial charge in [0.15, 0.2) is 0 Å². The molecule has 1 heterocycles. The van der Waals surface area contributed by atoms with Crippen LogP contribution in [0.4, 0.5) is 13.2 Å². The highest BCUT2D eigenvalue weighted by atomic mass is 19.4. The summed E-state index contributed by atoms with van der Waals surface area (Å²) in [5.74, 6) is 0. The summed E-state index contributed by atoms with van der Waals surface area (Å²) < 4.78 is 40.3. The predicted molar refractivity (Wildman–Crippen MR) is 70.3 cm³/mol. The molecule has 0 aliphatic carbocycles. The lowest BCUT2D eigenvalue weighted by Crippen LogP contribution is -2.06. The van der Waals surface area contributed by atoms with E-state index in [0.29, 0.717) is 11.9 Å². The van der Waals surface area contributed by atoms with E-state index in [1.807, 2.05) is 30.3 Å². The summed E-state index contributed by atoms with van der Waals surface area (Å²) in [4.78, 5) is 0. The van der Waals surface area contributed by atoms with E-state index in [-0.39, 0.29) is 5.52 Å². The summed E-state index contributed by atoms with van der Waals surface area (Å²) in [6.07, 6.45) is -2.75. The molecule has 0 radical (unpaired) electrons. The van der Waals surface area contributed by atoms with Crippen LogP contribution in [0.5, 0.6) is 0 Å². The summed E-state index contributed by atoms with van der Waals surface area (Å²) in [6.45, 7) is 0.451. The number of benzene rings is 2. The zero-order valence-corrected chi connectivity index (χ0v) is 10.4. The van der Waals surface area contributed by atoms with Crippen LogP contribution in [0, 0.1) is 0 Å². The molecule has 20 heavy (non-hydrogen) atoms. The molecular weight excluding hydrogens is 265 g/mol. The van der Waals surface area contributed by atoms with Gasteiger partial charge in [0.05, 0.1) is 12.1 Å². The molecule has 0 aliphatic rings. The van der Waals surface area contributed by atoms with Crippen molar-refractivity contribution in [3.05, 3.63) is 65.9 Å². The quantitative estimate of drug-likeness (QED) is 0.689. The van der Waals surface area contributed by atoms with Crippen LogP contribution in [-0.2, 0) is 12.7 Å². The first-order valence-corrected chi connectivity index (χ1v) is 6.11. The van der Waals surface area contributed by atoms with Gasteiger partial charge in [-0.05, 0) is 11.6 Å². The van der Waals surface area contributed by atoms with Gasteiger partial charge in [0.2, 0.25) is 0 Å². The van der Waals surface area contributed by atoms with E-state index in [0.717, 1.165) is 11.6 Å². The molecule has 0 unspecified atom stereocenters. The Balaban J connectivity index is 2.03. The minimum Gasteiger partial charge on any atom is -0.267 e. The fourth-order valence-corrected chi connectivity index (χ4v) is 2.18. The van der Waals surface area contributed by atoms with Crippen molar-refractivity contribution in [2.24, 2.45) is 0 Å². The molecule has 0 amide bonds. The Kier molecular flexibility index (Phi) is 2.97. The Labute approximate surface area is 113 Å². The second-order valence-electron chi connectivity index (χ2n) is 4.55.